The number of nitrogens with zero attached hydrogens (tertiary/aromatic N) is 1. The third-order valence-corrected chi connectivity index (χ3v) is 4.52. The summed E-state index contributed by atoms with van der Waals surface area (Å²) in [5.74, 6) is -0.823. The molecule has 0 spiro atoms. The minimum absolute atomic E-state index is 0.199. The smallest absolute Gasteiger partial charge is 0.321 e. The lowest BCUT2D eigenvalue weighted by molar-refractivity contribution is -0.140. The highest BCUT2D eigenvalue weighted by molar-refractivity contribution is 7.88. The molecule has 0 saturated carbocycles. The number of hydrogen-bond acceptors (Lipinski definition) is 5. The highest BCUT2D eigenvalue weighted by Gasteiger charge is 2.24. The van der Waals surface area contributed by atoms with Crippen LogP contribution >= 0.6 is 0 Å². The molecular weight excluding hydrogens is 268 g/mol. The van der Waals surface area contributed by atoms with Crippen molar-refractivity contribution >= 4 is 21.7 Å². The van der Waals surface area contributed by atoms with Crippen molar-refractivity contribution in [1.29, 1.82) is 0 Å². The van der Waals surface area contributed by atoms with Gasteiger partial charge in [0.1, 0.15) is 6.54 Å². The number of esters is 1. The van der Waals surface area contributed by atoms with Gasteiger partial charge in [0.05, 0.1) is 12.9 Å². The molecule has 0 unspecified atom stereocenters. The Kier molecular flexibility index (Phi) is 5.31. The lowest BCUT2D eigenvalue weighted by Crippen LogP contribution is -2.36. The van der Waals surface area contributed by atoms with Gasteiger partial charge in [-0.3, -0.25) is 4.79 Å². The van der Waals surface area contributed by atoms with Crippen LogP contribution in [0.4, 0.5) is 5.69 Å². The number of hydrogen-bond donors (Lipinski definition) is 1. The van der Waals surface area contributed by atoms with E-state index in [4.69, 9.17) is 5.73 Å². The average Bonchev–Trinajstić information content (AvgIpc) is 2.37. The van der Waals surface area contributed by atoms with Crippen LogP contribution in [0.1, 0.15) is 12.5 Å². The van der Waals surface area contributed by atoms with Crippen LogP contribution in [-0.4, -0.2) is 38.9 Å². The molecule has 19 heavy (non-hydrogen) atoms. The van der Waals surface area contributed by atoms with Gasteiger partial charge < -0.3 is 10.5 Å². The number of benzene rings is 1. The van der Waals surface area contributed by atoms with Crippen molar-refractivity contribution in [1.82, 2.24) is 4.31 Å². The Morgan fingerprint density at radius 2 is 2.00 bits per heavy atom. The summed E-state index contributed by atoms with van der Waals surface area (Å²) in [5, 5.41) is 0. The first kappa shape index (κ1) is 15.5. The topological polar surface area (TPSA) is 89.7 Å². The van der Waals surface area contributed by atoms with Crippen molar-refractivity contribution in [2.45, 2.75) is 12.7 Å². The molecule has 0 bridgehead atoms. The molecule has 0 aliphatic carbocycles. The molecule has 0 atom stereocenters. The van der Waals surface area contributed by atoms with E-state index in [0.29, 0.717) is 11.3 Å². The number of sulfonamides is 1. The molecule has 0 amide bonds. The number of ether oxygens (including phenoxy) is 1. The van der Waals surface area contributed by atoms with E-state index in [1.165, 1.54) is 7.11 Å². The van der Waals surface area contributed by atoms with Gasteiger partial charge in [-0.05, 0) is 11.6 Å². The summed E-state index contributed by atoms with van der Waals surface area (Å²) in [6.45, 7) is 1.57. The summed E-state index contributed by atoms with van der Waals surface area (Å²) in [4.78, 5) is 11.2. The van der Waals surface area contributed by atoms with Crippen molar-refractivity contribution in [3.05, 3.63) is 29.8 Å². The van der Waals surface area contributed by atoms with Crippen LogP contribution in [0.25, 0.3) is 0 Å². The van der Waals surface area contributed by atoms with Gasteiger partial charge in [0.2, 0.25) is 10.0 Å². The van der Waals surface area contributed by atoms with E-state index in [2.05, 4.69) is 4.74 Å². The van der Waals surface area contributed by atoms with Gasteiger partial charge in [0.15, 0.2) is 0 Å². The lowest BCUT2D eigenvalue weighted by Gasteiger charge is -2.19. The number of methoxy groups -OCH3 is 1. The molecule has 0 radical (unpaired) electrons. The fourth-order valence-corrected chi connectivity index (χ4v) is 3.10. The van der Waals surface area contributed by atoms with Crippen LogP contribution in [0.2, 0.25) is 0 Å². The van der Waals surface area contributed by atoms with Gasteiger partial charge in [-0.25, -0.2) is 8.42 Å². The number of likely N-dealkylation sites (N-methyl/N-ethyl adjacent to an activating group) is 1. The number of para-hydroxylation sites is 1. The lowest BCUT2D eigenvalue weighted by atomic mass is 10.2. The predicted octanol–water partition coefficient (Wildman–Crippen LogP) is 0.594. The summed E-state index contributed by atoms with van der Waals surface area (Å²) in [6, 6.07) is 6.75. The maximum atomic E-state index is 12.2. The van der Waals surface area contributed by atoms with Crippen LogP contribution in [0, 0.1) is 0 Å². The van der Waals surface area contributed by atoms with Crippen molar-refractivity contribution in [3.8, 4) is 0 Å². The molecule has 1 rings (SSSR count). The van der Waals surface area contributed by atoms with Gasteiger partial charge in [-0.2, -0.15) is 4.31 Å². The van der Waals surface area contributed by atoms with Gasteiger partial charge in [-0.15, -0.1) is 0 Å². The molecule has 0 saturated heterocycles. The highest BCUT2D eigenvalue weighted by Crippen LogP contribution is 2.16. The second-order valence-corrected chi connectivity index (χ2v) is 5.93. The van der Waals surface area contributed by atoms with Crippen LogP contribution < -0.4 is 5.73 Å². The zero-order valence-corrected chi connectivity index (χ0v) is 11.8. The molecule has 1 aromatic carbocycles. The van der Waals surface area contributed by atoms with Crippen LogP contribution in [0.3, 0.4) is 0 Å². The summed E-state index contributed by atoms with van der Waals surface area (Å²) in [6.07, 6.45) is 0. The molecular formula is C12H18N2O4S. The number of carbonyl (C=O) groups excluding carboxylic acids is 1. The van der Waals surface area contributed by atoms with Crippen LogP contribution in [-0.2, 0) is 25.3 Å². The molecule has 0 aliphatic rings. The minimum Gasteiger partial charge on any atom is -0.468 e. The zero-order valence-electron chi connectivity index (χ0n) is 11.0. The van der Waals surface area contributed by atoms with E-state index < -0.39 is 16.0 Å². The van der Waals surface area contributed by atoms with Gasteiger partial charge in [0.25, 0.3) is 0 Å². The molecule has 0 aliphatic heterocycles. The van der Waals surface area contributed by atoms with Crippen molar-refractivity contribution in [3.63, 3.8) is 0 Å². The molecule has 0 heterocycles. The quantitative estimate of drug-likeness (QED) is 0.610. The standard InChI is InChI=1S/C12H18N2O4S/c1-3-14(8-12(15)18-2)19(16,17)9-10-6-4-5-7-11(10)13/h4-7H,3,8-9,13H2,1-2H3. The van der Waals surface area contributed by atoms with Crippen LogP contribution in [0.5, 0.6) is 0 Å². The van der Waals surface area contributed by atoms with E-state index in [1.54, 1.807) is 31.2 Å². The van der Waals surface area contributed by atoms with E-state index in [1.807, 2.05) is 0 Å². The number of carbonyl (C=O) groups is 1. The first-order valence-corrected chi connectivity index (χ1v) is 7.39. The van der Waals surface area contributed by atoms with Crippen molar-refractivity contribution in [2.24, 2.45) is 0 Å². The molecule has 0 aromatic heterocycles. The van der Waals surface area contributed by atoms with Gasteiger partial charge in [-0.1, -0.05) is 25.1 Å². The summed E-state index contributed by atoms with van der Waals surface area (Å²) < 4.78 is 30.0. The van der Waals surface area contributed by atoms with Crippen LogP contribution in [0.15, 0.2) is 24.3 Å². The fraction of sp³-hybridized carbons (Fsp3) is 0.417. The fourth-order valence-electron chi connectivity index (χ4n) is 1.57. The normalized spacial score (nSPS) is 11.5. The maximum Gasteiger partial charge on any atom is 0.321 e. The van der Waals surface area contributed by atoms with E-state index >= 15 is 0 Å². The zero-order chi connectivity index (χ0) is 14.5. The highest BCUT2D eigenvalue weighted by atomic mass is 32.2. The number of nitrogen functional groups attached to an aromatic ring is 1. The minimum atomic E-state index is -3.60. The Morgan fingerprint density at radius 3 is 2.53 bits per heavy atom. The Morgan fingerprint density at radius 1 is 1.37 bits per heavy atom. The Hall–Kier alpha value is -1.60. The third-order valence-electron chi connectivity index (χ3n) is 2.67. The molecule has 7 heteroatoms. The third kappa shape index (κ3) is 4.22. The van der Waals surface area contributed by atoms with Crippen molar-refractivity contribution < 1.29 is 17.9 Å². The first-order valence-electron chi connectivity index (χ1n) is 5.78. The van der Waals surface area contributed by atoms with E-state index in [-0.39, 0.29) is 18.8 Å². The maximum absolute atomic E-state index is 12.2. The SMILES string of the molecule is CCN(CC(=O)OC)S(=O)(=O)Cc1ccccc1N. The Labute approximate surface area is 113 Å². The monoisotopic (exact) mass is 286 g/mol. The second kappa shape index (κ2) is 6.53. The number of anilines is 1. The molecule has 0 fully saturated rings. The first-order chi connectivity index (χ1) is 8.90. The summed E-state index contributed by atoms with van der Waals surface area (Å²) in [7, 11) is -2.38. The van der Waals surface area contributed by atoms with Gasteiger partial charge >= 0.3 is 5.97 Å². The van der Waals surface area contributed by atoms with E-state index in [9.17, 15) is 13.2 Å². The number of nitrogens with two attached hydrogens (primary N) is 1. The second-order valence-electron chi connectivity index (χ2n) is 3.96. The largest absolute Gasteiger partial charge is 0.468 e. The Balaban J connectivity index is 2.90. The van der Waals surface area contributed by atoms with Crippen molar-refractivity contribution in [2.75, 3.05) is 25.9 Å². The average molecular weight is 286 g/mol. The summed E-state index contributed by atoms with van der Waals surface area (Å²) >= 11 is 0. The molecule has 1 aromatic rings. The molecule has 2 N–H and O–H groups in total. The molecule has 6 nitrogen and oxygen atoms in total. The summed E-state index contributed by atoms with van der Waals surface area (Å²) in [5.41, 5.74) is 6.66. The number of rotatable bonds is 6. The molecule has 106 valence electrons. The van der Waals surface area contributed by atoms with Gasteiger partial charge in [0, 0.05) is 12.2 Å². The Bertz CT molecular complexity index is 542. The van der Waals surface area contributed by atoms with E-state index in [0.717, 1.165) is 4.31 Å². The predicted molar refractivity (Wildman–Crippen MR) is 72.7 cm³/mol.